The molecule has 3 nitrogen and oxygen atoms in total. The van der Waals surface area contributed by atoms with Gasteiger partial charge < -0.3 is 14.6 Å². The van der Waals surface area contributed by atoms with Gasteiger partial charge in [0.05, 0.1) is 6.10 Å². The lowest BCUT2D eigenvalue weighted by atomic mass is 10.1. The summed E-state index contributed by atoms with van der Waals surface area (Å²) in [5.74, 6) is 0.749. The predicted octanol–water partition coefficient (Wildman–Crippen LogP) is 2.11. The number of hydrogen-bond donors (Lipinski definition) is 1. The third-order valence-electron chi connectivity index (χ3n) is 2.00. The summed E-state index contributed by atoms with van der Waals surface area (Å²) >= 11 is 0. The van der Waals surface area contributed by atoms with E-state index in [1.807, 2.05) is 31.2 Å². The van der Waals surface area contributed by atoms with Crippen LogP contribution in [0.4, 0.5) is 0 Å². The van der Waals surface area contributed by atoms with Crippen LogP contribution in [0.5, 0.6) is 5.75 Å². The van der Waals surface area contributed by atoms with Gasteiger partial charge in [0.2, 0.25) is 0 Å². The lowest BCUT2D eigenvalue weighted by Crippen LogP contribution is -1.99. The molecule has 0 aromatic heterocycles. The largest absolute Gasteiger partial charge is 0.468 e. The molecule has 0 bridgehead atoms. The number of rotatable bonds is 5. The molecule has 0 amide bonds. The van der Waals surface area contributed by atoms with E-state index in [0.717, 1.165) is 17.7 Å². The van der Waals surface area contributed by atoms with Gasteiger partial charge in [-0.1, -0.05) is 19.1 Å². The minimum atomic E-state index is -0.383. The Balaban J connectivity index is 2.59. The number of aliphatic hydroxyl groups is 1. The summed E-state index contributed by atoms with van der Waals surface area (Å²) in [4.78, 5) is 0. The smallest absolute Gasteiger partial charge is 0.188 e. The van der Waals surface area contributed by atoms with Crippen LogP contribution in [0.3, 0.4) is 0 Å². The van der Waals surface area contributed by atoms with Crippen LogP contribution in [0.1, 0.15) is 25.0 Å². The highest BCUT2D eigenvalue weighted by molar-refractivity contribution is 5.28. The quantitative estimate of drug-likeness (QED) is 0.733. The number of aliphatic hydroxyl groups excluding tert-OH is 1. The van der Waals surface area contributed by atoms with Crippen LogP contribution in [0.15, 0.2) is 24.3 Å². The molecule has 0 aliphatic rings. The van der Waals surface area contributed by atoms with E-state index < -0.39 is 0 Å². The fourth-order valence-electron chi connectivity index (χ4n) is 1.15. The van der Waals surface area contributed by atoms with Crippen LogP contribution in [0.2, 0.25) is 0 Å². The standard InChI is InChI=1S/C11H16O3/c1-3-11(12)9-4-6-10(7-5-9)14-8-13-2/h4-7,11-12H,3,8H2,1-2H3/t11-/m1/s1. The van der Waals surface area contributed by atoms with Gasteiger partial charge in [-0.15, -0.1) is 0 Å². The number of hydrogen-bond acceptors (Lipinski definition) is 3. The highest BCUT2D eigenvalue weighted by atomic mass is 16.7. The van der Waals surface area contributed by atoms with Crippen LogP contribution >= 0.6 is 0 Å². The minimum Gasteiger partial charge on any atom is -0.468 e. The van der Waals surface area contributed by atoms with Gasteiger partial charge >= 0.3 is 0 Å². The summed E-state index contributed by atoms with van der Waals surface area (Å²) in [7, 11) is 1.58. The predicted molar refractivity (Wildman–Crippen MR) is 54.2 cm³/mol. The number of benzene rings is 1. The molecule has 1 N–H and O–H groups in total. The van der Waals surface area contributed by atoms with Crippen molar-refractivity contribution in [2.24, 2.45) is 0 Å². The molecule has 0 saturated carbocycles. The van der Waals surface area contributed by atoms with Gasteiger partial charge in [0.25, 0.3) is 0 Å². The lowest BCUT2D eigenvalue weighted by molar-refractivity contribution is 0.0511. The molecule has 1 rings (SSSR count). The highest BCUT2D eigenvalue weighted by Crippen LogP contribution is 2.19. The fourth-order valence-corrected chi connectivity index (χ4v) is 1.15. The number of ether oxygens (including phenoxy) is 2. The molecule has 0 aliphatic carbocycles. The van der Waals surface area contributed by atoms with Gasteiger partial charge in [0.15, 0.2) is 6.79 Å². The summed E-state index contributed by atoms with van der Waals surface area (Å²) in [6, 6.07) is 7.37. The van der Waals surface area contributed by atoms with Crippen LogP contribution < -0.4 is 4.74 Å². The highest BCUT2D eigenvalue weighted by Gasteiger charge is 2.03. The minimum absolute atomic E-state index is 0.246. The van der Waals surface area contributed by atoms with E-state index in [2.05, 4.69) is 0 Å². The lowest BCUT2D eigenvalue weighted by Gasteiger charge is -2.09. The zero-order valence-corrected chi connectivity index (χ0v) is 8.56. The van der Waals surface area contributed by atoms with Gasteiger partial charge in [-0.25, -0.2) is 0 Å². The second-order valence-electron chi connectivity index (χ2n) is 3.04. The Hall–Kier alpha value is -1.06. The van der Waals surface area contributed by atoms with Crippen molar-refractivity contribution in [3.8, 4) is 5.75 Å². The molecule has 0 fully saturated rings. The van der Waals surface area contributed by atoms with Crippen LogP contribution in [0.25, 0.3) is 0 Å². The molecule has 3 heteroatoms. The molecule has 1 atom stereocenters. The van der Waals surface area contributed by atoms with E-state index in [1.54, 1.807) is 7.11 Å². The molecule has 0 heterocycles. The molecule has 0 spiro atoms. The summed E-state index contributed by atoms with van der Waals surface area (Å²) in [5, 5.41) is 9.53. The molecular formula is C11H16O3. The average molecular weight is 196 g/mol. The summed E-state index contributed by atoms with van der Waals surface area (Å²) in [6.07, 6.45) is 0.338. The van der Waals surface area contributed by atoms with E-state index in [1.165, 1.54) is 0 Å². The van der Waals surface area contributed by atoms with E-state index >= 15 is 0 Å². The van der Waals surface area contributed by atoms with Gasteiger partial charge in [-0.05, 0) is 24.1 Å². The molecule has 1 aromatic rings. The Kier molecular flexibility index (Phi) is 4.43. The van der Waals surface area contributed by atoms with Crippen LogP contribution in [-0.2, 0) is 4.74 Å². The van der Waals surface area contributed by atoms with Gasteiger partial charge in [0, 0.05) is 7.11 Å². The first kappa shape index (κ1) is 11.0. The molecule has 0 radical (unpaired) electrons. The maximum Gasteiger partial charge on any atom is 0.188 e. The zero-order valence-electron chi connectivity index (χ0n) is 8.56. The second-order valence-corrected chi connectivity index (χ2v) is 3.04. The normalized spacial score (nSPS) is 12.5. The van der Waals surface area contributed by atoms with Gasteiger partial charge in [-0.2, -0.15) is 0 Å². The van der Waals surface area contributed by atoms with Crippen molar-refractivity contribution in [1.29, 1.82) is 0 Å². The zero-order chi connectivity index (χ0) is 10.4. The Bertz CT molecular complexity index is 256. The summed E-state index contributed by atoms with van der Waals surface area (Å²) in [5.41, 5.74) is 0.914. The van der Waals surface area contributed by atoms with E-state index in [9.17, 15) is 5.11 Å². The Morgan fingerprint density at radius 2 is 1.93 bits per heavy atom. The molecule has 0 saturated heterocycles. The Morgan fingerprint density at radius 1 is 1.29 bits per heavy atom. The van der Waals surface area contributed by atoms with Crippen LogP contribution in [-0.4, -0.2) is 19.0 Å². The molecule has 1 aromatic carbocycles. The fraction of sp³-hybridized carbons (Fsp3) is 0.455. The Labute approximate surface area is 84.3 Å². The van der Waals surface area contributed by atoms with Crippen molar-refractivity contribution in [3.05, 3.63) is 29.8 Å². The molecule has 14 heavy (non-hydrogen) atoms. The second kappa shape index (κ2) is 5.62. The maximum absolute atomic E-state index is 9.53. The van der Waals surface area contributed by atoms with Gasteiger partial charge in [-0.3, -0.25) is 0 Å². The van der Waals surface area contributed by atoms with E-state index in [4.69, 9.17) is 9.47 Å². The van der Waals surface area contributed by atoms with E-state index in [0.29, 0.717) is 0 Å². The van der Waals surface area contributed by atoms with Crippen molar-refractivity contribution in [2.75, 3.05) is 13.9 Å². The molecule has 78 valence electrons. The summed E-state index contributed by atoms with van der Waals surface area (Å²) in [6.45, 7) is 2.19. The van der Waals surface area contributed by atoms with Crippen LogP contribution in [0, 0.1) is 0 Å². The Morgan fingerprint density at radius 3 is 2.43 bits per heavy atom. The third kappa shape index (κ3) is 3.01. The van der Waals surface area contributed by atoms with Crippen molar-refractivity contribution in [1.82, 2.24) is 0 Å². The summed E-state index contributed by atoms with van der Waals surface area (Å²) < 4.78 is 9.99. The SMILES string of the molecule is CC[C@@H](O)c1ccc(OCOC)cc1. The topological polar surface area (TPSA) is 38.7 Å². The maximum atomic E-state index is 9.53. The molecule has 0 aliphatic heterocycles. The van der Waals surface area contributed by atoms with Crippen molar-refractivity contribution < 1.29 is 14.6 Å². The molecule has 0 unspecified atom stereocenters. The number of methoxy groups -OCH3 is 1. The molecular weight excluding hydrogens is 180 g/mol. The first-order valence-electron chi connectivity index (χ1n) is 4.67. The first-order chi connectivity index (χ1) is 6.77. The average Bonchev–Trinajstić information content (AvgIpc) is 2.26. The monoisotopic (exact) mass is 196 g/mol. The van der Waals surface area contributed by atoms with Crippen molar-refractivity contribution in [3.63, 3.8) is 0 Å². The first-order valence-corrected chi connectivity index (χ1v) is 4.67. The van der Waals surface area contributed by atoms with E-state index in [-0.39, 0.29) is 12.9 Å². The van der Waals surface area contributed by atoms with Gasteiger partial charge in [0.1, 0.15) is 5.75 Å². The van der Waals surface area contributed by atoms with Crippen molar-refractivity contribution >= 4 is 0 Å². The van der Waals surface area contributed by atoms with Crippen molar-refractivity contribution in [2.45, 2.75) is 19.4 Å². The third-order valence-corrected chi connectivity index (χ3v) is 2.00.